The van der Waals surface area contributed by atoms with Crippen molar-refractivity contribution in [2.24, 2.45) is 5.92 Å². The first-order valence-electron chi connectivity index (χ1n) is 9.48. The molecule has 1 atom stereocenters. The molecule has 2 saturated heterocycles. The Morgan fingerprint density at radius 2 is 1.90 bits per heavy atom. The summed E-state index contributed by atoms with van der Waals surface area (Å²) in [6, 6.07) is 6.32. The molecule has 0 aliphatic carbocycles. The average Bonchev–Trinajstić information content (AvgIpc) is 3.43. The Morgan fingerprint density at radius 1 is 1.21 bits per heavy atom. The van der Waals surface area contributed by atoms with Crippen LogP contribution in [0.25, 0.3) is 0 Å². The lowest BCUT2D eigenvalue weighted by Crippen LogP contribution is -2.29. The van der Waals surface area contributed by atoms with Gasteiger partial charge in [0, 0.05) is 37.1 Å². The minimum atomic E-state index is -3.49. The number of nitrogens with zero attached hydrogens (tertiary/aromatic N) is 3. The van der Waals surface area contributed by atoms with E-state index in [0.29, 0.717) is 23.9 Å². The molecule has 0 spiro atoms. The highest BCUT2D eigenvalue weighted by Gasteiger charge is 2.36. The number of benzene rings is 1. The Hall–Kier alpha value is -2.30. The highest BCUT2D eigenvalue weighted by molar-refractivity contribution is 7.89. The molecule has 2 aliphatic heterocycles. The maximum atomic E-state index is 12.6. The summed E-state index contributed by atoms with van der Waals surface area (Å²) in [6.45, 7) is 3.20. The van der Waals surface area contributed by atoms with Gasteiger partial charge in [0.05, 0.1) is 16.5 Å². The molecular formula is C19H22N4O4S2. The van der Waals surface area contributed by atoms with Crippen LogP contribution in [-0.4, -0.2) is 49.2 Å². The van der Waals surface area contributed by atoms with E-state index in [9.17, 15) is 18.0 Å². The SMILES string of the molecule is Cc1csc(NC(=O)C2CC(=O)N(c3ccc(S(=O)(=O)N4CCCC4)cc3)C2)n1. The lowest BCUT2D eigenvalue weighted by molar-refractivity contribution is -0.122. The molecule has 0 radical (unpaired) electrons. The number of sulfonamides is 1. The number of hydrogen-bond donors (Lipinski definition) is 1. The summed E-state index contributed by atoms with van der Waals surface area (Å²) in [4.78, 5) is 30.9. The van der Waals surface area contributed by atoms with Crippen molar-refractivity contribution in [2.45, 2.75) is 31.1 Å². The number of aromatic nitrogens is 1. The highest BCUT2D eigenvalue weighted by atomic mass is 32.2. The Balaban J connectivity index is 1.44. The van der Waals surface area contributed by atoms with Crippen LogP contribution in [0.15, 0.2) is 34.5 Å². The van der Waals surface area contributed by atoms with Crippen molar-refractivity contribution in [3.63, 3.8) is 0 Å². The Kier molecular flexibility index (Phi) is 5.41. The van der Waals surface area contributed by atoms with Gasteiger partial charge in [0.2, 0.25) is 21.8 Å². The summed E-state index contributed by atoms with van der Waals surface area (Å²) in [5, 5.41) is 5.13. The fourth-order valence-electron chi connectivity index (χ4n) is 3.63. The predicted molar refractivity (Wildman–Crippen MR) is 110 cm³/mol. The number of thiazole rings is 1. The van der Waals surface area contributed by atoms with Crippen molar-refractivity contribution >= 4 is 44.0 Å². The number of rotatable bonds is 5. The molecule has 2 aromatic rings. The van der Waals surface area contributed by atoms with E-state index in [1.54, 1.807) is 12.1 Å². The number of hydrogen-bond acceptors (Lipinski definition) is 6. The van der Waals surface area contributed by atoms with Gasteiger partial charge in [-0.2, -0.15) is 4.31 Å². The first-order valence-corrected chi connectivity index (χ1v) is 11.8. The van der Waals surface area contributed by atoms with Gasteiger partial charge in [-0.25, -0.2) is 13.4 Å². The third-order valence-electron chi connectivity index (χ3n) is 5.20. The van der Waals surface area contributed by atoms with Gasteiger partial charge >= 0.3 is 0 Å². The number of carbonyl (C=O) groups is 2. The third kappa shape index (κ3) is 4.05. The maximum Gasteiger partial charge on any atom is 0.243 e. The predicted octanol–water partition coefficient (Wildman–Crippen LogP) is 2.23. The molecule has 1 unspecified atom stereocenters. The molecule has 29 heavy (non-hydrogen) atoms. The minimum absolute atomic E-state index is 0.115. The van der Waals surface area contributed by atoms with Gasteiger partial charge in [0.1, 0.15) is 0 Å². The average molecular weight is 435 g/mol. The van der Waals surface area contributed by atoms with Crippen LogP contribution in [0.1, 0.15) is 25.0 Å². The summed E-state index contributed by atoms with van der Waals surface area (Å²) in [7, 11) is -3.49. The standard InChI is InChI=1S/C19H22N4O4S2/c1-13-12-28-19(20-13)21-18(25)14-10-17(24)23(11-14)15-4-6-16(7-5-15)29(26,27)22-8-2-3-9-22/h4-7,12,14H,2-3,8-11H2,1H3,(H,20,21,25). The molecule has 2 amide bonds. The highest BCUT2D eigenvalue weighted by Crippen LogP contribution is 2.29. The maximum absolute atomic E-state index is 12.6. The summed E-state index contributed by atoms with van der Waals surface area (Å²) < 4.78 is 26.8. The van der Waals surface area contributed by atoms with Crippen LogP contribution in [-0.2, 0) is 19.6 Å². The largest absolute Gasteiger partial charge is 0.312 e. The number of aryl methyl sites for hydroxylation is 1. The zero-order valence-corrected chi connectivity index (χ0v) is 17.6. The van der Waals surface area contributed by atoms with Gasteiger partial charge in [-0.1, -0.05) is 0 Å². The molecular weight excluding hydrogens is 412 g/mol. The quantitative estimate of drug-likeness (QED) is 0.778. The summed E-state index contributed by atoms with van der Waals surface area (Å²) >= 11 is 1.35. The third-order valence-corrected chi connectivity index (χ3v) is 7.98. The zero-order valence-electron chi connectivity index (χ0n) is 16.0. The van der Waals surface area contributed by atoms with Crippen LogP contribution < -0.4 is 10.2 Å². The molecule has 1 aromatic carbocycles. The molecule has 2 fully saturated rings. The molecule has 3 heterocycles. The Labute approximate surface area is 173 Å². The summed E-state index contributed by atoms with van der Waals surface area (Å²) in [5.74, 6) is -0.862. The Bertz CT molecular complexity index is 1030. The van der Waals surface area contributed by atoms with E-state index in [1.807, 2.05) is 12.3 Å². The second-order valence-corrected chi connectivity index (χ2v) is 10.1. The van der Waals surface area contributed by atoms with Gasteiger partial charge in [0.25, 0.3) is 0 Å². The van der Waals surface area contributed by atoms with Gasteiger partial charge < -0.3 is 10.2 Å². The number of anilines is 2. The Morgan fingerprint density at radius 3 is 2.52 bits per heavy atom. The molecule has 8 nitrogen and oxygen atoms in total. The van der Waals surface area contributed by atoms with Crippen molar-refractivity contribution in [3.05, 3.63) is 35.3 Å². The van der Waals surface area contributed by atoms with Gasteiger partial charge in [-0.15, -0.1) is 11.3 Å². The lowest BCUT2D eigenvalue weighted by Gasteiger charge is -2.19. The van der Waals surface area contributed by atoms with Gasteiger partial charge in [-0.05, 0) is 44.0 Å². The molecule has 1 N–H and O–H groups in total. The van der Waals surface area contributed by atoms with Gasteiger partial charge in [0.15, 0.2) is 5.13 Å². The summed E-state index contributed by atoms with van der Waals surface area (Å²) in [5.41, 5.74) is 1.43. The van der Waals surface area contributed by atoms with Crippen LogP contribution in [0.3, 0.4) is 0 Å². The minimum Gasteiger partial charge on any atom is -0.312 e. The van der Waals surface area contributed by atoms with Crippen molar-refractivity contribution < 1.29 is 18.0 Å². The smallest absolute Gasteiger partial charge is 0.243 e. The number of amides is 2. The molecule has 2 aliphatic rings. The van der Waals surface area contributed by atoms with Crippen LogP contribution >= 0.6 is 11.3 Å². The van der Waals surface area contributed by atoms with E-state index >= 15 is 0 Å². The first kappa shape index (κ1) is 20.0. The van der Waals surface area contributed by atoms with E-state index in [2.05, 4.69) is 10.3 Å². The van der Waals surface area contributed by atoms with E-state index in [0.717, 1.165) is 18.5 Å². The molecule has 0 bridgehead atoms. The zero-order chi connectivity index (χ0) is 20.6. The molecule has 0 saturated carbocycles. The molecule has 1 aromatic heterocycles. The number of nitrogens with one attached hydrogen (secondary N) is 1. The molecule has 4 rings (SSSR count). The molecule has 154 valence electrons. The monoisotopic (exact) mass is 434 g/mol. The van der Waals surface area contributed by atoms with E-state index in [-0.39, 0.29) is 29.7 Å². The van der Waals surface area contributed by atoms with Crippen molar-refractivity contribution in [1.29, 1.82) is 0 Å². The van der Waals surface area contributed by atoms with Crippen LogP contribution in [0.4, 0.5) is 10.8 Å². The normalized spacial score (nSPS) is 20.4. The number of carbonyl (C=O) groups excluding carboxylic acids is 2. The van der Waals surface area contributed by atoms with Crippen molar-refractivity contribution in [3.8, 4) is 0 Å². The second-order valence-electron chi connectivity index (χ2n) is 7.29. The van der Waals surface area contributed by atoms with Crippen molar-refractivity contribution in [2.75, 3.05) is 29.9 Å². The lowest BCUT2D eigenvalue weighted by atomic mass is 10.1. The fraction of sp³-hybridized carbons (Fsp3) is 0.421. The van der Waals surface area contributed by atoms with E-state index in [1.165, 1.54) is 32.7 Å². The van der Waals surface area contributed by atoms with Gasteiger partial charge in [-0.3, -0.25) is 9.59 Å². The fourth-order valence-corrected chi connectivity index (χ4v) is 5.84. The van der Waals surface area contributed by atoms with E-state index < -0.39 is 15.9 Å². The van der Waals surface area contributed by atoms with Crippen molar-refractivity contribution in [1.82, 2.24) is 9.29 Å². The topological polar surface area (TPSA) is 99.7 Å². The van der Waals surface area contributed by atoms with Crippen LogP contribution in [0.5, 0.6) is 0 Å². The van der Waals surface area contributed by atoms with E-state index in [4.69, 9.17) is 0 Å². The second kappa shape index (κ2) is 7.85. The first-order chi connectivity index (χ1) is 13.8. The summed E-state index contributed by atoms with van der Waals surface area (Å²) in [6.07, 6.45) is 1.87. The van der Waals surface area contributed by atoms with Crippen LogP contribution in [0, 0.1) is 12.8 Å². The molecule has 10 heteroatoms. The van der Waals surface area contributed by atoms with Crippen LogP contribution in [0.2, 0.25) is 0 Å².